The Kier molecular flexibility index (Phi) is 4.90. The molecular formula is C19H20F2N2O. The molecule has 1 saturated heterocycles. The predicted octanol–water partition coefficient (Wildman–Crippen LogP) is 3.48. The summed E-state index contributed by atoms with van der Waals surface area (Å²) >= 11 is 0. The van der Waals surface area contributed by atoms with Crippen LogP contribution >= 0.6 is 0 Å². The van der Waals surface area contributed by atoms with E-state index in [9.17, 15) is 13.6 Å². The van der Waals surface area contributed by atoms with E-state index >= 15 is 0 Å². The number of benzene rings is 2. The van der Waals surface area contributed by atoms with Gasteiger partial charge in [0.05, 0.1) is 0 Å². The van der Waals surface area contributed by atoms with E-state index in [0.29, 0.717) is 18.7 Å². The third-order valence-electron chi connectivity index (χ3n) is 4.59. The number of hydrogen-bond acceptors (Lipinski definition) is 2. The van der Waals surface area contributed by atoms with Crippen molar-refractivity contribution in [2.24, 2.45) is 0 Å². The number of nitrogens with zero attached hydrogens (tertiary/aromatic N) is 2. The minimum atomic E-state index is -0.343. The van der Waals surface area contributed by atoms with Crippen molar-refractivity contribution in [3.05, 3.63) is 71.3 Å². The van der Waals surface area contributed by atoms with E-state index < -0.39 is 0 Å². The fourth-order valence-corrected chi connectivity index (χ4v) is 3.04. The van der Waals surface area contributed by atoms with Gasteiger partial charge in [-0.05, 0) is 48.9 Å². The zero-order valence-electron chi connectivity index (χ0n) is 13.6. The van der Waals surface area contributed by atoms with Gasteiger partial charge in [0.15, 0.2) is 0 Å². The monoisotopic (exact) mass is 330 g/mol. The van der Waals surface area contributed by atoms with Gasteiger partial charge in [0.1, 0.15) is 11.6 Å². The van der Waals surface area contributed by atoms with Crippen molar-refractivity contribution in [2.45, 2.75) is 13.0 Å². The van der Waals surface area contributed by atoms with Crippen LogP contribution in [0.3, 0.4) is 0 Å². The number of carbonyl (C=O) groups excluding carboxylic acids is 1. The van der Waals surface area contributed by atoms with Crippen LogP contribution in [0.15, 0.2) is 48.5 Å². The number of amides is 1. The molecule has 0 saturated carbocycles. The first-order chi connectivity index (χ1) is 11.5. The van der Waals surface area contributed by atoms with Crippen LogP contribution in [-0.2, 0) is 0 Å². The van der Waals surface area contributed by atoms with Gasteiger partial charge in [-0.3, -0.25) is 9.69 Å². The second-order valence-electron chi connectivity index (χ2n) is 6.06. The first kappa shape index (κ1) is 16.6. The molecule has 0 radical (unpaired) electrons. The van der Waals surface area contributed by atoms with Crippen LogP contribution in [0.5, 0.6) is 0 Å². The third kappa shape index (κ3) is 3.62. The molecule has 0 N–H and O–H groups in total. The molecule has 1 atom stereocenters. The van der Waals surface area contributed by atoms with Crippen LogP contribution in [0.25, 0.3) is 0 Å². The molecule has 2 aromatic rings. The molecule has 24 heavy (non-hydrogen) atoms. The second-order valence-corrected chi connectivity index (χ2v) is 6.06. The molecule has 0 spiro atoms. The lowest BCUT2D eigenvalue weighted by molar-refractivity contribution is 0.0582. The van der Waals surface area contributed by atoms with Gasteiger partial charge in [0.2, 0.25) is 0 Å². The topological polar surface area (TPSA) is 23.6 Å². The Labute approximate surface area is 140 Å². The number of carbonyl (C=O) groups is 1. The van der Waals surface area contributed by atoms with Crippen molar-refractivity contribution in [1.82, 2.24) is 9.80 Å². The summed E-state index contributed by atoms with van der Waals surface area (Å²) in [4.78, 5) is 16.5. The average molecular weight is 330 g/mol. The first-order valence-electron chi connectivity index (χ1n) is 8.09. The summed E-state index contributed by atoms with van der Waals surface area (Å²) in [6, 6.07) is 12.4. The quantitative estimate of drug-likeness (QED) is 0.860. The van der Waals surface area contributed by atoms with E-state index in [-0.39, 0.29) is 23.6 Å². The lowest BCUT2D eigenvalue weighted by atomic mass is 10.1. The number of rotatable bonds is 3. The normalized spacial score (nSPS) is 16.9. The molecule has 0 bridgehead atoms. The molecule has 1 aliphatic heterocycles. The molecule has 1 heterocycles. The Morgan fingerprint density at radius 1 is 0.875 bits per heavy atom. The molecule has 2 aromatic carbocycles. The van der Waals surface area contributed by atoms with E-state index in [1.807, 2.05) is 0 Å². The van der Waals surface area contributed by atoms with E-state index in [4.69, 9.17) is 0 Å². The Hall–Kier alpha value is -2.27. The van der Waals surface area contributed by atoms with Gasteiger partial charge in [0.25, 0.3) is 5.91 Å². The lowest BCUT2D eigenvalue weighted by Gasteiger charge is -2.38. The first-order valence-corrected chi connectivity index (χ1v) is 8.09. The summed E-state index contributed by atoms with van der Waals surface area (Å²) in [5, 5.41) is 0. The molecule has 0 aromatic heterocycles. The van der Waals surface area contributed by atoms with Crippen LogP contribution in [0.4, 0.5) is 8.78 Å². The average Bonchev–Trinajstić information content (AvgIpc) is 2.62. The molecule has 1 fully saturated rings. The molecule has 3 nitrogen and oxygen atoms in total. The Balaban J connectivity index is 1.60. The highest BCUT2D eigenvalue weighted by molar-refractivity contribution is 5.94. The highest BCUT2D eigenvalue weighted by Gasteiger charge is 2.25. The third-order valence-corrected chi connectivity index (χ3v) is 4.59. The van der Waals surface area contributed by atoms with Gasteiger partial charge in [-0.2, -0.15) is 0 Å². The molecule has 1 unspecified atom stereocenters. The summed E-state index contributed by atoms with van der Waals surface area (Å²) in [6.07, 6.45) is 0. The lowest BCUT2D eigenvalue weighted by Crippen LogP contribution is -2.49. The molecule has 1 aliphatic rings. The van der Waals surface area contributed by atoms with Gasteiger partial charge in [-0.15, -0.1) is 0 Å². The van der Waals surface area contributed by atoms with Gasteiger partial charge in [-0.25, -0.2) is 8.78 Å². The van der Waals surface area contributed by atoms with Crippen molar-refractivity contribution in [3.63, 3.8) is 0 Å². The predicted molar refractivity (Wildman–Crippen MR) is 88.7 cm³/mol. The number of piperazine rings is 1. The number of hydrogen-bond donors (Lipinski definition) is 0. The standard InChI is InChI=1S/C19H20F2N2O/c1-14(15-2-6-17(20)7-3-15)22-10-12-23(13-11-22)19(24)16-4-8-18(21)9-5-16/h2-9,14H,10-13H2,1H3. The fraction of sp³-hybridized carbons (Fsp3) is 0.316. The summed E-state index contributed by atoms with van der Waals surface area (Å²) in [5.41, 5.74) is 1.58. The Morgan fingerprint density at radius 2 is 1.38 bits per heavy atom. The maximum atomic E-state index is 13.0. The minimum absolute atomic E-state index is 0.0657. The fourth-order valence-electron chi connectivity index (χ4n) is 3.04. The smallest absolute Gasteiger partial charge is 0.253 e. The molecule has 1 amide bonds. The van der Waals surface area contributed by atoms with E-state index in [1.165, 1.54) is 36.4 Å². The van der Waals surface area contributed by atoms with Gasteiger partial charge in [0, 0.05) is 37.8 Å². The molecule has 3 rings (SSSR count). The largest absolute Gasteiger partial charge is 0.336 e. The second kappa shape index (κ2) is 7.09. The maximum Gasteiger partial charge on any atom is 0.253 e. The highest BCUT2D eigenvalue weighted by atomic mass is 19.1. The maximum absolute atomic E-state index is 13.0. The molecular weight excluding hydrogens is 310 g/mol. The Bertz CT molecular complexity index is 692. The van der Waals surface area contributed by atoms with Crippen LogP contribution in [0, 0.1) is 11.6 Å². The summed E-state index contributed by atoms with van der Waals surface area (Å²) in [5.74, 6) is -0.644. The zero-order valence-corrected chi connectivity index (χ0v) is 13.6. The van der Waals surface area contributed by atoms with E-state index in [0.717, 1.165) is 18.7 Å². The molecule has 126 valence electrons. The van der Waals surface area contributed by atoms with Gasteiger partial charge in [-0.1, -0.05) is 12.1 Å². The van der Waals surface area contributed by atoms with Crippen molar-refractivity contribution in [3.8, 4) is 0 Å². The molecule has 0 aliphatic carbocycles. The van der Waals surface area contributed by atoms with Crippen molar-refractivity contribution in [2.75, 3.05) is 26.2 Å². The van der Waals surface area contributed by atoms with E-state index in [1.54, 1.807) is 17.0 Å². The number of halogens is 2. The van der Waals surface area contributed by atoms with Gasteiger partial charge >= 0.3 is 0 Å². The van der Waals surface area contributed by atoms with Crippen LogP contribution < -0.4 is 0 Å². The minimum Gasteiger partial charge on any atom is -0.336 e. The Morgan fingerprint density at radius 3 is 1.92 bits per heavy atom. The van der Waals surface area contributed by atoms with Crippen LogP contribution in [0.2, 0.25) is 0 Å². The van der Waals surface area contributed by atoms with Gasteiger partial charge < -0.3 is 4.90 Å². The van der Waals surface area contributed by atoms with Crippen molar-refractivity contribution in [1.29, 1.82) is 0 Å². The van der Waals surface area contributed by atoms with Crippen LogP contribution in [0.1, 0.15) is 28.9 Å². The highest BCUT2D eigenvalue weighted by Crippen LogP contribution is 2.22. The zero-order chi connectivity index (χ0) is 17.1. The summed E-state index contributed by atoms with van der Waals surface area (Å²) < 4.78 is 26.0. The SMILES string of the molecule is CC(c1ccc(F)cc1)N1CCN(C(=O)c2ccc(F)cc2)CC1. The van der Waals surface area contributed by atoms with Crippen molar-refractivity contribution < 1.29 is 13.6 Å². The van der Waals surface area contributed by atoms with E-state index in [2.05, 4.69) is 11.8 Å². The van der Waals surface area contributed by atoms with Crippen LogP contribution in [-0.4, -0.2) is 41.9 Å². The summed E-state index contributed by atoms with van der Waals surface area (Å²) in [6.45, 7) is 4.85. The molecule has 5 heteroatoms. The summed E-state index contributed by atoms with van der Waals surface area (Å²) in [7, 11) is 0. The van der Waals surface area contributed by atoms with Crippen molar-refractivity contribution >= 4 is 5.91 Å².